The lowest BCUT2D eigenvalue weighted by atomic mass is 10.1. The second-order valence-electron chi connectivity index (χ2n) is 2.46. The number of hydrogen-bond donors (Lipinski definition) is 0. The van der Waals surface area contributed by atoms with Crippen LogP contribution in [0.1, 0.15) is 10.4 Å². The summed E-state index contributed by atoms with van der Waals surface area (Å²) in [6, 6.07) is 8.02. The van der Waals surface area contributed by atoms with Crippen molar-refractivity contribution in [3.8, 4) is 0 Å². The topological polar surface area (TPSA) is 60.4 Å². The first-order valence-corrected chi connectivity index (χ1v) is 3.96. The molecule has 0 heterocycles. The van der Waals surface area contributed by atoms with E-state index in [1.165, 1.54) is 12.1 Å². The van der Waals surface area contributed by atoms with E-state index in [0.717, 1.165) is 0 Å². The quantitative estimate of drug-likeness (QED) is 0.303. The van der Waals surface area contributed by atoms with Crippen LogP contribution in [0.25, 0.3) is 0 Å². The molecule has 72 valence electrons. The highest BCUT2D eigenvalue weighted by molar-refractivity contribution is 6.40. The van der Waals surface area contributed by atoms with Gasteiger partial charge < -0.3 is 4.74 Å². The maximum atomic E-state index is 11.3. The van der Waals surface area contributed by atoms with Crippen molar-refractivity contribution in [1.82, 2.24) is 0 Å². The molecule has 0 atom stereocenters. The van der Waals surface area contributed by atoms with Gasteiger partial charge in [0.2, 0.25) is 0 Å². The van der Waals surface area contributed by atoms with E-state index in [-0.39, 0.29) is 5.56 Å². The lowest BCUT2D eigenvalue weighted by Crippen LogP contribution is -2.18. The van der Waals surface area contributed by atoms with Crippen LogP contribution in [0.15, 0.2) is 30.3 Å². The highest BCUT2D eigenvalue weighted by Crippen LogP contribution is 2.00. The first-order chi connectivity index (χ1) is 6.75. The fourth-order valence-corrected chi connectivity index (χ4v) is 0.883. The molecule has 1 aromatic rings. The van der Waals surface area contributed by atoms with Crippen LogP contribution in [0, 0.1) is 0 Å². The van der Waals surface area contributed by atoms with Crippen LogP contribution in [0.2, 0.25) is 0 Å². The van der Waals surface area contributed by atoms with E-state index in [1.807, 2.05) is 0 Å². The molecule has 0 amide bonds. The second kappa shape index (κ2) is 4.91. The number of carbonyl (C=O) groups is 3. The largest absolute Gasteiger partial charge is 0.452 e. The molecule has 0 unspecified atom stereocenters. The van der Waals surface area contributed by atoms with Gasteiger partial charge in [0.1, 0.15) is 6.61 Å². The van der Waals surface area contributed by atoms with E-state index in [4.69, 9.17) is 0 Å². The lowest BCUT2D eigenvalue weighted by Gasteiger charge is -1.99. The summed E-state index contributed by atoms with van der Waals surface area (Å²) in [5.41, 5.74) is 0.253. The number of rotatable bonds is 4. The average Bonchev–Trinajstić information content (AvgIpc) is 2.26. The van der Waals surface area contributed by atoms with Crippen molar-refractivity contribution >= 4 is 18.0 Å². The molecule has 0 aromatic heterocycles. The zero-order valence-electron chi connectivity index (χ0n) is 7.30. The molecular weight excluding hydrogens is 184 g/mol. The van der Waals surface area contributed by atoms with Gasteiger partial charge in [0.15, 0.2) is 6.29 Å². The summed E-state index contributed by atoms with van der Waals surface area (Å²) in [4.78, 5) is 32.1. The van der Waals surface area contributed by atoms with Crippen LogP contribution in [0.4, 0.5) is 0 Å². The fraction of sp³-hybridized carbons (Fsp3) is 0.100. The minimum absolute atomic E-state index is 0.253. The zero-order valence-corrected chi connectivity index (χ0v) is 7.30. The Balaban J connectivity index is 2.66. The summed E-state index contributed by atoms with van der Waals surface area (Å²) in [5.74, 6) is -1.75. The van der Waals surface area contributed by atoms with Gasteiger partial charge in [0, 0.05) is 5.56 Å². The minimum Gasteiger partial charge on any atom is -0.452 e. The average molecular weight is 192 g/mol. The van der Waals surface area contributed by atoms with E-state index in [2.05, 4.69) is 4.74 Å². The molecule has 14 heavy (non-hydrogen) atoms. The van der Waals surface area contributed by atoms with Gasteiger partial charge in [-0.05, 0) is 0 Å². The van der Waals surface area contributed by atoms with Gasteiger partial charge in [-0.1, -0.05) is 30.3 Å². The molecule has 0 saturated carbocycles. The minimum atomic E-state index is -1.01. The van der Waals surface area contributed by atoms with Crippen molar-refractivity contribution in [2.75, 3.05) is 6.61 Å². The van der Waals surface area contributed by atoms with E-state index in [9.17, 15) is 14.4 Å². The Kier molecular flexibility index (Phi) is 3.55. The number of carbonyl (C=O) groups excluding carboxylic acids is 3. The molecule has 4 nitrogen and oxygen atoms in total. The maximum absolute atomic E-state index is 11.3. The molecular formula is C10H8O4. The van der Waals surface area contributed by atoms with Gasteiger partial charge in [0.05, 0.1) is 0 Å². The molecule has 0 radical (unpaired) electrons. The predicted octanol–water partition coefficient (Wildman–Crippen LogP) is 0.611. The van der Waals surface area contributed by atoms with Gasteiger partial charge in [0.25, 0.3) is 5.78 Å². The highest BCUT2D eigenvalue weighted by Gasteiger charge is 2.16. The van der Waals surface area contributed by atoms with Crippen molar-refractivity contribution in [2.24, 2.45) is 0 Å². The number of Topliss-reactive ketones (excluding diaryl/α,β-unsaturated/α-hetero) is 1. The number of aldehydes is 1. The van der Waals surface area contributed by atoms with Crippen LogP contribution in [0.3, 0.4) is 0 Å². The third kappa shape index (κ3) is 2.52. The number of benzene rings is 1. The van der Waals surface area contributed by atoms with Gasteiger partial charge in [-0.15, -0.1) is 0 Å². The van der Waals surface area contributed by atoms with Crippen molar-refractivity contribution < 1.29 is 19.1 Å². The molecule has 0 spiro atoms. The Bertz CT molecular complexity index is 342. The first-order valence-electron chi connectivity index (χ1n) is 3.96. The summed E-state index contributed by atoms with van der Waals surface area (Å²) >= 11 is 0. The highest BCUT2D eigenvalue weighted by atomic mass is 16.5. The SMILES string of the molecule is O=CCOC(=O)C(=O)c1ccccc1. The zero-order chi connectivity index (χ0) is 10.4. The molecule has 0 N–H and O–H groups in total. The smallest absolute Gasteiger partial charge is 0.380 e. The summed E-state index contributed by atoms with van der Waals surface area (Å²) in [6.07, 6.45) is 0.413. The third-order valence-corrected chi connectivity index (χ3v) is 1.50. The standard InChI is InChI=1S/C10H8O4/c11-6-7-14-10(13)9(12)8-4-2-1-3-5-8/h1-6H,7H2. The van der Waals surface area contributed by atoms with Gasteiger partial charge in [-0.2, -0.15) is 0 Å². The van der Waals surface area contributed by atoms with E-state index in [0.29, 0.717) is 6.29 Å². The Labute approximate surface area is 80.5 Å². The monoisotopic (exact) mass is 192 g/mol. The van der Waals surface area contributed by atoms with Crippen LogP contribution in [-0.4, -0.2) is 24.6 Å². The fourth-order valence-electron chi connectivity index (χ4n) is 0.883. The molecule has 0 fully saturated rings. The summed E-state index contributed by atoms with van der Waals surface area (Å²) in [6.45, 7) is -0.391. The molecule has 0 bridgehead atoms. The van der Waals surface area contributed by atoms with Crippen LogP contribution in [0.5, 0.6) is 0 Å². The van der Waals surface area contributed by atoms with Crippen molar-refractivity contribution in [3.05, 3.63) is 35.9 Å². The van der Waals surface area contributed by atoms with E-state index < -0.39 is 18.4 Å². The van der Waals surface area contributed by atoms with E-state index in [1.54, 1.807) is 18.2 Å². The molecule has 1 rings (SSSR count). The lowest BCUT2D eigenvalue weighted by molar-refractivity contribution is -0.140. The third-order valence-electron chi connectivity index (χ3n) is 1.50. The summed E-state index contributed by atoms with van der Waals surface area (Å²) in [7, 11) is 0. The first kappa shape index (κ1) is 10.1. The Morgan fingerprint density at radius 3 is 2.43 bits per heavy atom. The Morgan fingerprint density at radius 2 is 1.86 bits per heavy atom. The maximum Gasteiger partial charge on any atom is 0.380 e. The number of ether oxygens (including phenoxy) is 1. The number of hydrogen-bond acceptors (Lipinski definition) is 4. The van der Waals surface area contributed by atoms with Gasteiger partial charge >= 0.3 is 5.97 Å². The normalized spacial score (nSPS) is 9.14. The van der Waals surface area contributed by atoms with E-state index >= 15 is 0 Å². The van der Waals surface area contributed by atoms with Crippen molar-refractivity contribution in [3.63, 3.8) is 0 Å². The summed E-state index contributed by atoms with van der Waals surface area (Å²) in [5, 5.41) is 0. The molecule has 1 aromatic carbocycles. The summed E-state index contributed by atoms with van der Waals surface area (Å²) < 4.78 is 4.35. The number of ketones is 1. The predicted molar refractivity (Wildman–Crippen MR) is 47.8 cm³/mol. The molecule has 0 aliphatic carbocycles. The Morgan fingerprint density at radius 1 is 1.21 bits per heavy atom. The molecule has 4 heteroatoms. The Hall–Kier alpha value is -1.97. The van der Waals surface area contributed by atoms with Crippen LogP contribution in [-0.2, 0) is 14.3 Å². The van der Waals surface area contributed by atoms with Crippen LogP contribution < -0.4 is 0 Å². The van der Waals surface area contributed by atoms with Gasteiger partial charge in [-0.25, -0.2) is 4.79 Å². The van der Waals surface area contributed by atoms with Crippen molar-refractivity contribution in [1.29, 1.82) is 0 Å². The molecule has 0 saturated heterocycles. The molecule has 0 aliphatic heterocycles. The molecule has 0 aliphatic rings. The second-order valence-corrected chi connectivity index (χ2v) is 2.46. The van der Waals surface area contributed by atoms with Crippen molar-refractivity contribution in [2.45, 2.75) is 0 Å². The van der Waals surface area contributed by atoms with Gasteiger partial charge in [-0.3, -0.25) is 9.59 Å². The van der Waals surface area contributed by atoms with Crippen LogP contribution >= 0.6 is 0 Å². The number of esters is 1.